The van der Waals surface area contributed by atoms with Crippen LogP contribution in [0.2, 0.25) is 0 Å². The number of hydrogen-bond acceptors (Lipinski definition) is 9. The Morgan fingerprint density at radius 2 is 1.38 bits per heavy atom. The maximum atomic E-state index is 12.1. The minimum atomic E-state index is -1.21. The van der Waals surface area contributed by atoms with Crippen molar-refractivity contribution in [2.24, 2.45) is 0 Å². The number of carbonyl (C=O) groups is 2. The molecule has 0 aliphatic carbocycles. The monoisotopic (exact) mass is 361 g/mol. The highest BCUT2D eigenvalue weighted by molar-refractivity contribution is 5.94. The molecule has 0 bridgehead atoms. The van der Waals surface area contributed by atoms with Gasteiger partial charge >= 0.3 is 5.97 Å². The maximum absolute atomic E-state index is 12.1. The van der Waals surface area contributed by atoms with Gasteiger partial charge < -0.3 is 4.74 Å². The zero-order valence-corrected chi connectivity index (χ0v) is 12.6. The fourth-order valence-electron chi connectivity index (χ4n) is 1.92. The predicted octanol–water partition coefficient (Wildman–Crippen LogP) is 2.44. The SMILES string of the molecule is O=Cc1cc([N+](=O)[O-])ccc1OC(=O)c1cc([N+](=O)[O-])cc([N+](=O)[O-])c1. The summed E-state index contributed by atoms with van der Waals surface area (Å²) in [5, 5.41) is 32.3. The van der Waals surface area contributed by atoms with Gasteiger partial charge in [0.05, 0.1) is 32.0 Å². The van der Waals surface area contributed by atoms with Gasteiger partial charge in [-0.2, -0.15) is 0 Å². The summed E-state index contributed by atoms with van der Waals surface area (Å²) in [4.78, 5) is 52.9. The number of esters is 1. The van der Waals surface area contributed by atoms with Crippen LogP contribution in [0.15, 0.2) is 36.4 Å². The average Bonchev–Trinajstić information content (AvgIpc) is 2.61. The Morgan fingerprint density at radius 1 is 0.846 bits per heavy atom. The molecule has 0 saturated carbocycles. The van der Waals surface area contributed by atoms with Gasteiger partial charge in [0.1, 0.15) is 5.75 Å². The molecule has 0 unspecified atom stereocenters. The lowest BCUT2D eigenvalue weighted by Gasteiger charge is -2.06. The van der Waals surface area contributed by atoms with Crippen molar-refractivity contribution in [2.45, 2.75) is 0 Å². The summed E-state index contributed by atoms with van der Waals surface area (Å²) in [7, 11) is 0. The second kappa shape index (κ2) is 7.12. The Labute approximate surface area is 143 Å². The summed E-state index contributed by atoms with van der Waals surface area (Å²) in [6, 6.07) is 5.03. The number of carbonyl (C=O) groups excluding carboxylic acids is 2. The summed E-state index contributed by atoms with van der Waals surface area (Å²) in [6.45, 7) is 0. The van der Waals surface area contributed by atoms with Crippen LogP contribution < -0.4 is 4.74 Å². The lowest BCUT2D eigenvalue weighted by Crippen LogP contribution is -2.11. The van der Waals surface area contributed by atoms with E-state index in [4.69, 9.17) is 4.74 Å². The molecule has 0 amide bonds. The second-order valence-electron chi connectivity index (χ2n) is 4.74. The highest BCUT2D eigenvalue weighted by Crippen LogP contribution is 2.26. The van der Waals surface area contributed by atoms with Crippen LogP contribution in [-0.2, 0) is 0 Å². The standard InChI is InChI=1S/C14H7N3O9/c18-7-9-5-10(15(20)21)1-2-13(9)26-14(19)8-3-11(16(22)23)6-12(4-8)17(24)25/h1-7H. The van der Waals surface area contributed by atoms with Gasteiger partial charge in [0, 0.05) is 24.3 Å². The maximum Gasteiger partial charge on any atom is 0.344 e. The summed E-state index contributed by atoms with van der Waals surface area (Å²) in [5.41, 5.74) is -2.64. The molecule has 0 spiro atoms. The van der Waals surface area contributed by atoms with E-state index in [1.807, 2.05) is 0 Å². The van der Waals surface area contributed by atoms with E-state index in [0.717, 1.165) is 30.3 Å². The van der Waals surface area contributed by atoms with Gasteiger partial charge in [-0.25, -0.2) is 4.79 Å². The Balaban J connectivity index is 2.41. The van der Waals surface area contributed by atoms with Crippen LogP contribution in [0.4, 0.5) is 17.1 Å². The molecule has 0 saturated heterocycles. The molecule has 0 fully saturated rings. The normalized spacial score (nSPS) is 10.0. The van der Waals surface area contributed by atoms with Crippen LogP contribution in [0, 0.1) is 30.3 Å². The molecule has 2 aromatic carbocycles. The number of nitro groups is 3. The van der Waals surface area contributed by atoms with Gasteiger partial charge in [-0.15, -0.1) is 0 Å². The summed E-state index contributed by atoms with van der Waals surface area (Å²) in [5.74, 6) is -1.56. The fraction of sp³-hybridized carbons (Fsp3) is 0. The van der Waals surface area contributed by atoms with Crippen LogP contribution in [-0.4, -0.2) is 27.0 Å². The lowest BCUT2D eigenvalue weighted by atomic mass is 10.1. The Hall–Kier alpha value is -4.22. The molecular weight excluding hydrogens is 354 g/mol. The molecule has 0 radical (unpaired) electrons. The third-order valence-electron chi connectivity index (χ3n) is 3.09. The minimum Gasteiger partial charge on any atom is -0.422 e. The summed E-state index contributed by atoms with van der Waals surface area (Å²) < 4.78 is 4.89. The number of nitro benzene ring substituents is 3. The van der Waals surface area contributed by atoms with Crippen molar-refractivity contribution in [2.75, 3.05) is 0 Å². The molecule has 2 rings (SSSR count). The van der Waals surface area contributed by atoms with Crippen LogP contribution in [0.25, 0.3) is 0 Å². The van der Waals surface area contributed by atoms with Crippen LogP contribution in [0.1, 0.15) is 20.7 Å². The van der Waals surface area contributed by atoms with Gasteiger partial charge in [-0.05, 0) is 6.07 Å². The van der Waals surface area contributed by atoms with Crippen molar-refractivity contribution in [1.29, 1.82) is 0 Å². The van der Waals surface area contributed by atoms with Crippen molar-refractivity contribution >= 4 is 29.3 Å². The molecule has 12 heteroatoms. The quantitative estimate of drug-likeness (QED) is 0.246. The van der Waals surface area contributed by atoms with Gasteiger partial charge in [-0.3, -0.25) is 35.1 Å². The minimum absolute atomic E-state index is 0.214. The largest absolute Gasteiger partial charge is 0.422 e. The first kappa shape index (κ1) is 18.1. The highest BCUT2D eigenvalue weighted by atomic mass is 16.6. The number of non-ortho nitro benzene ring substituents is 3. The Morgan fingerprint density at radius 3 is 1.85 bits per heavy atom. The molecule has 0 heterocycles. The molecule has 132 valence electrons. The lowest BCUT2D eigenvalue weighted by molar-refractivity contribution is -0.394. The van der Waals surface area contributed by atoms with E-state index in [0.29, 0.717) is 6.07 Å². The van der Waals surface area contributed by atoms with E-state index in [1.54, 1.807) is 0 Å². The van der Waals surface area contributed by atoms with Crippen molar-refractivity contribution < 1.29 is 29.1 Å². The van der Waals surface area contributed by atoms with E-state index in [9.17, 15) is 39.9 Å². The zero-order valence-electron chi connectivity index (χ0n) is 12.6. The van der Waals surface area contributed by atoms with Crippen LogP contribution in [0.3, 0.4) is 0 Å². The number of nitrogens with zero attached hydrogens (tertiary/aromatic N) is 3. The van der Waals surface area contributed by atoms with E-state index in [-0.39, 0.29) is 17.6 Å². The van der Waals surface area contributed by atoms with E-state index in [2.05, 4.69) is 0 Å². The molecule has 2 aromatic rings. The van der Waals surface area contributed by atoms with Gasteiger partial charge in [0.2, 0.25) is 0 Å². The zero-order chi connectivity index (χ0) is 19.4. The number of aldehydes is 1. The first-order valence-electron chi connectivity index (χ1n) is 6.62. The van der Waals surface area contributed by atoms with Crippen LogP contribution >= 0.6 is 0 Å². The summed E-state index contributed by atoms with van der Waals surface area (Å²) in [6.07, 6.45) is 0.214. The molecule has 12 nitrogen and oxygen atoms in total. The van der Waals surface area contributed by atoms with Crippen molar-refractivity contribution in [1.82, 2.24) is 0 Å². The van der Waals surface area contributed by atoms with Crippen molar-refractivity contribution in [3.05, 3.63) is 77.9 Å². The number of benzene rings is 2. The number of rotatable bonds is 6. The Kier molecular flexibility index (Phi) is 4.97. The molecule has 0 aliphatic heterocycles. The molecule has 0 aromatic heterocycles. The first-order valence-corrected chi connectivity index (χ1v) is 6.62. The van der Waals surface area contributed by atoms with Gasteiger partial charge in [-0.1, -0.05) is 0 Å². The molecule has 0 N–H and O–H groups in total. The molecule has 26 heavy (non-hydrogen) atoms. The summed E-state index contributed by atoms with van der Waals surface area (Å²) >= 11 is 0. The smallest absolute Gasteiger partial charge is 0.344 e. The number of hydrogen-bond donors (Lipinski definition) is 0. The Bertz CT molecular complexity index is 922. The molecular formula is C14H7N3O9. The topological polar surface area (TPSA) is 173 Å². The predicted molar refractivity (Wildman–Crippen MR) is 83.2 cm³/mol. The molecule has 0 aliphatic rings. The average molecular weight is 361 g/mol. The van der Waals surface area contributed by atoms with Gasteiger partial charge in [0.15, 0.2) is 6.29 Å². The van der Waals surface area contributed by atoms with Crippen molar-refractivity contribution in [3.8, 4) is 5.75 Å². The van der Waals surface area contributed by atoms with Crippen molar-refractivity contribution in [3.63, 3.8) is 0 Å². The third-order valence-corrected chi connectivity index (χ3v) is 3.09. The number of ether oxygens (including phenoxy) is 1. The van der Waals surface area contributed by atoms with E-state index < -0.39 is 43.4 Å². The molecule has 0 atom stereocenters. The van der Waals surface area contributed by atoms with E-state index in [1.165, 1.54) is 0 Å². The first-order chi connectivity index (χ1) is 12.2. The second-order valence-corrected chi connectivity index (χ2v) is 4.74. The van der Waals surface area contributed by atoms with E-state index >= 15 is 0 Å². The fourth-order valence-corrected chi connectivity index (χ4v) is 1.92. The van der Waals surface area contributed by atoms with Crippen LogP contribution in [0.5, 0.6) is 5.75 Å². The third kappa shape index (κ3) is 3.81. The van der Waals surface area contributed by atoms with Gasteiger partial charge in [0.25, 0.3) is 17.1 Å². The highest BCUT2D eigenvalue weighted by Gasteiger charge is 2.22.